The maximum atomic E-state index is 13.4. The van der Waals surface area contributed by atoms with E-state index in [2.05, 4.69) is 16.0 Å². The van der Waals surface area contributed by atoms with E-state index in [9.17, 15) is 24.0 Å². The van der Waals surface area contributed by atoms with Crippen LogP contribution in [0.1, 0.15) is 116 Å². The predicted octanol–water partition coefficient (Wildman–Crippen LogP) is 9.26. The lowest BCUT2D eigenvalue weighted by atomic mass is 9.97. The van der Waals surface area contributed by atoms with Crippen molar-refractivity contribution in [1.29, 1.82) is 0 Å². The van der Waals surface area contributed by atoms with E-state index in [1.807, 2.05) is 99.6 Å². The second-order valence-electron chi connectivity index (χ2n) is 18.3. The van der Waals surface area contributed by atoms with Gasteiger partial charge in [0, 0.05) is 62.2 Å². The van der Waals surface area contributed by atoms with E-state index in [-0.39, 0.29) is 47.3 Å². The number of ether oxygens (including phenoxy) is 1. The van der Waals surface area contributed by atoms with E-state index >= 15 is 0 Å². The summed E-state index contributed by atoms with van der Waals surface area (Å²) in [5, 5.41) is 10.8. The van der Waals surface area contributed by atoms with E-state index in [4.69, 9.17) is 56.9 Å². The Morgan fingerprint density at radius 1 is 0.676 bits per heavy atom. The van der Waals surface area contributed by atoms with Crippen molar-refractivity contribution in [3.8, 4) is 0 Å². The molecular weight excluding hydrogens is 946 g/mol. The maximum absolute atomic E-state index is 13.4. The molecule has 68 heavy (non-hydrogen) atoms. The van der Waals surface area contributed by atoms with Crippen LogP contribution in [0.15, 0.2) is 84.9 Å². The fraction of sp³-hybridized carbons (Fsp3) is 0.442. The highest BCUT2D eigenvalue weighted by atomic mass is 35.5. The third-order valence-electron chi connectivity index (χ3n) is 12.7. The van der Waals surface area contributed by atoms with Gasteiger partial charge in [-0.1, -0.05) is 83.9 Å². The van der Waals surface area contributed by atoms with E-state index < -0.39 is 23.8 Å². The highest BCUT2D eigenvalue weighted by Crippen LogP contribution is 2.32. The van der Waals surface area contributed by atoms with E-state index in [0.717, 1.165) is 63.8 Å². The lowest BCUT2D eigenvalue weighted by Crippen LogP contribution is -2.44. The molecular formula is C52H62Cl4N6O6. The van der Waals surface area contributed by atoms with Gasteiger partial charge in [-0.25, -0.2) is 4.79 Å². The number of hydrogen-bond donors (Lipinski definition) is 4. The number of carbonyl (C=O) groups is 5. The normalized spacial score (nSPS) is 19.2. The number of nitrogens with two attached hydrogens (primary N) is 1. The first kappa shape index (κ1) is 52.8. The summed E-state index contributed by atoms with van der Waals surface area (Å²) >= 11 is 21.9. The molecule has 4 aromatic rings. The molecule has 0 aromatic heterocycles. The van der Waals surface area contributed by atoms with Gasteiger partial charge in [0.1, 0.15) is 17.7 Å². The van der Waals surface area contributed by atoms with Crippen molar-refractivity contribution in [2.45, 2.75) is 128 Å². The minimum atomic E-state index is -0.583. The van der Waals surface area contributed by atoms with Gasteiger partial charge >= 0.3 is 6.09 Å². The second-order valence-corrected chi connectivity index (χ2v) is 20.0. The van der Waals surface area contributed by atoms with Crippen molar-refractivity contribution in [1.82, 2.24) is 25.8 Å². The molecule has 4 aromatic carbocycles. The number of hydrogen-bond acceptors (Lipinski definition) is 9. The van der Waals surface area contributed by atoms with Gasteiger partial charge in [-0.05, 0) is 128 Å². The van der Waals surface area contributed by atoms with Crippen molar-refractivity contribution in [2.24, 2.45) is 5.73 Å². The van der Waals surface area contributed by atoms with Gasteiger partial charge in [-0.15, -0.1) is 23.2 Å². The smallest absolute Gasteiger partial charge is 0.407 e. The molecule has 0 bridgehead atoms. The molecule has 12 nitrogen and oxygen atoms in total. The molecule has 4 aliphatic rings. The summed E-state index contributed by atoms with van der Waals surface area (Å²) in [4.78, 5) is 68.5. The van der Waals surface area contributed by atoms with Gasteiger partial charge in [0.2, 0.25) is 11.8 Å². The van der Waals surface area contributed by atoms with Gasteiger partial charge in [0.15, 0.2) is 11.6 Å². The van der Waals surface area contributed by atoms with Crippen molar-refractivity contribution in [2.75, 3.05) is 18.4 Å². The molecule has 0 saturated carbocycles. The second kappa shape index (κ2) is 24.8. The van der Waals surface area contributed by atoms with Crippen LogP contribution < -0.4 is 21.7 Å². The number of nitrogens with zero attached hydrogens (tertiary/aromatic N) is 2. The average Bonchev–Trinajstić information content (AvgIpc) is 4.16. The van der Waals surface area contributed by atoms with Gasteiger partial charge in [-0.2, -0.15) is 0 Å². The Kier molecular flexibility index (Phi) is 19.3. The molecule has 8 rings (SSSR count). The number of likely N-dealkylation sites (tertiary alicyclic amines) is 2. The number of benzene rings is 4. The lowest BCUT2D eigenvalue weighted by molar-refractivity contribution is -0.139. The molecule has 0 radical (unpaired) electrons. The summed E-state index contributed by atoms with van der Waals surface area (Å²) in [5.41, 5.74) is 13.3. The number of nitrogens with one attached hydrogen (secondary N) is 3. The average molecular weight is 1010 g/mol. The lowest BCUT2D eigenvalue weighted by Gasteiger charge is -2.27. The Bertz CT molecular complexity index is 2430. The zero-order valence-corrected chi connectivity index (χ0v) is 42.0. The molecule has 4 atom stereocenters. The molecule has 16 heteroatoms. The third kappa shape index (κ3) is 13.8. The molecule has 3 unspecified atom stereocenters. The summed E-state index contributed by atoms with van der Waals surface area (Å²) in [6.07, 6.45) is 4.35. The molecule has 5 N–H and O–H groups in total. The number of alkyl halides is 2. The topological polar surface area (TPSA) is 163 Å². The molecule has 2 saturated heterocycles. The highest BCUT2D eigenvalue weighted by molar-refractivity contribution is 6.40. The zero-order chi connectivity index (χ0) is 49.0. The quantitative estimate of drug-likeness (QED) is 0.0957. The molecule has 3 amide bonds. The van der Waals surface area contributed by atoms with Crippen molar-refractivity contribution >= 4 is 75.9 Å². The Balaban J connectivity index is 0.000000216. The van der Waals surface area contributed by atoms with Gasteiger partial charge in [0.25, 0.3) is 0 Å². The number of amides is 3. The van der Waals surface area contributed by atoms with Crippen LogP contribution in [-0.4, -0.2) is 75.4 Å². The summed E-state index contributed by atoms with van der Waals surface area (Å²) in [5.74, 6) is 0.153. The summed E-state index contributed by atoms with van der Waals surface area (Å²) in [6, 6.07) is 25.5. The fourth-order valence-corrected chi connectivity index (χ4v) is 9.85. The molecule has 4 aliphatic heterocycles. The standard InChI is InChI=1S/C28H34ClN3O4.C23H26ClN3O2.CH2Cl2/c1-28(2,3)36-27(35)31-16-19-10-12-21(29)15-18(19)11-13-24(33)23-9-6-14-32(23)26(34)25-22-8-5-4-7-20(22)17-30-25;24-18-9-7-16(13-25)15(12-18)8-10-21(28)20-6-3-11-27(20)23(29)22-19-5-2-1-4-17(19)14-26-22;2-1-3/h4-5,7-8,10,12,15,23,25,30H,6,9,11,13-14,16-17H2,1-3H3,(H,31,35);1-2,4-5,7,9,12,20,22,26H,3,6,8,10-11,13-14,25H2;1H2/t23-,25?;;/m0../s1. The molecule has 0 spiro atoms. The van der Waals surface area contributed by atoms with Crippen molar-refractivity contribution in [3.63, 3.8) is 0 Å². The van der Waals surface area contributed by atoms with Crippen molar-refractivity contribution in [3.05, 3.63) is 139 Å². The Morgan fingerprint density at radius 3 is 1.57 bits per heavy atom. The first-order chi connectivity index (χ1) is 32.6. The van der Waals surface area contributed by atoms with Crippen LogP contribution in [0.4, 0.5) is 4.79 Å². The van der Waals surface area contributed by atoms with Gasteiger partial charge in [-0.3, -0.25) is 29.8 Å². The number of fused-ring (bicyclic) bond motifs is 2. The zero-order valence-electron chi connectivity index (χ0n) is 38.9. The van der Waals surface area contributed by atoms with Gasteiger partial charge in [0.05, 0.1) is 17.4 Å². The van der Waals surface area contributed by atoms with E-state index in [1.54, 1.807) is 15.9 Å². The first-order valence-electron chi connectivity index (χ1n) is 23.2. The molecule has 0 aliphatic carbocycles. The summed E-state index contributed by atoms with van der Waals surface area (Å²) in [7, 11) is 0. The van der Waals surface area contributed by atoms with E-state index in [1.165, 1.54) is 0 Å². The molecule has 364 valence electrons. The number of alkyl carbamates (subject to hydrolysis) is 1. The minimum Gasteiger partial charge on any atom is -0.444 e. The Hall–Kier alpha value is -4.53. The predicted molar refractivity (Wildman–Crippen MR) is 269 cm³/mol. The molecule has 2 fully saturated rings. The number of ketones is 2. The summed E-state index contributed by atoms with van der Waals surface area (Å²) < 4.78 is 5.31. The van der Waals surface area contributed by atoms with Crippen LogP contribution in [0.25, 0.3) is 0 Å². The largest absolute Gasteiger partial charge is 0.444 e. The van der Waals surface area contributed by atoms with Crippen LogP contribution in [0.2, 0.25) is 10.0 Å². The SMILES string of the molecule is CC(C)(C)OC(=O)NCc1ccc(Cl)cc1CCC(=O)[C@@H]1CCCN1C(=O)C1NCc2ccccc21.ClCCl.NCc1ccc(Cl)cc1CCC(=O)C1CCCN1C(=O)C1NCc2ccccc21. The molecule has 4 heterocycles. The number of halogens is 4. The Labute approximate surface area is 419 Å². The number of aryl methyl sites for hydroxylation is 2. The maximum Gasteiger partial charge on any atom is 0.407 e. The van der Waals surface area contributed by atoms with Gasteiger partial charge < -0.3 is 25.6 Å². The number of rotatable bonds is 13. The van der Waals surface area contributed by atoms with E-state index in [0.29, 0.717) is 74.9 Å². The number of Topliss-reactive ketones (excluding diaryl/α,β-unsaturated/α-hetero) is 2. The first-order valence-corrected chi connectivity index (χ1v) is 25.1. The van der Waals surface area contributed by atoms with Crippen LogP contribution in [-0.2, 0) is 62.9 Å². The number of carbonyl (C=O) groups excluding carboxylic acids is 5. The van der Waals surface area contributed by atoms with Crippen LogP contribution in [0, 0.1) is 0 Å². The minimum absolute atomic E-state index is 0.0104. The highest BCUT2D eigenvalue weighted by Gasteiger charge is 2.40. The van der Waals surface area contributed by atoms with Crippen LogP contribution in [0.5, 0.6) is 0 Å². The Morgan fingerprint density at radius 2 is 1.12 bits per heavy atom. The van der Waals surface area contributed by atoms with Crippen LogP contribution >= 0.6 is 46.4 Å². The summed E-state index contributed by atoms with van der Waals surface area (Å²) in [6.45, 7) is 8.71. The van der Waals surface area contributed by atoms with Crippen molar-refractivity contribution < 1.29 is 28.7 Å². The third-order valence-corrected chi connectivity index (χ3v) is 13.2. The monoisotopic (exact) mass is 1010 g/mol. The van der Waals surface area contributed by atoms with Crippen LogP contribution in [0.3, 0.4) is 0 Å². The fourth-order valence-electron chi connectivity index (χ4n) is 9.46.